The number of benzene rings is 2. The normalized spacial score (nSPS) is 14.5. The Kier molecular flexibility index (Phi) is 7.84. The van der Waals surface area contributed by atoms with Crippen molar-refractivity contribution >= 4 is 11.7 Å². The van der Waals surface area contributed by atoms with Crippen LogP contribution in [0.1, 0.15) is 34.5 Å². The first kappa shape index (κ1) is 24.5. The second-order valence-electron chi connectivity index (χ2n) is 8.53. The van der Waals surface area contributed by atoms with Crippen molar-refractivity contribution in [2.45, 2.75) is 25.4 Å². The van der Waals surface area contributed by atoms with Crippen LogP contribution in [-0.2, 0) is 12.6 Å². The minimum absolute atomic E-state index is 0.0243. The molecule has 0 aliphatic carbocycles. The number of hydrogen-bond acceptors (Lipinski definition) is 5. The number of nitrogens with one attached hydrogen (secondary N) is 1. The second-order valence-corrected chi connectivity index (χ2v) is 8.53. The minimum Gasteiger partial charge on any atom is -0.492 e. The zero-order valence-corrected chi connectivity index (χ0v) is 19.2. The lowest BCUT2D eigenvalue weighted by Crippen LogP contribution is -2.35. The van der Waals surface area contributed by atoms with Gasteiger partial charge < -0.3 is 15.0 Å². The number of alkyl halides is 3. The standard InChI is InChI=1S/C26H27F3N4O2/c27-26(28,29)21-7-4-8-22(18-21)35-16-13-30-25(34)23-9-10-24(32-31-23)33-14-11-20(12-15-33)17-19-5-2-1-3-6-19/h1-10,18,20H,11-17H2,(H,30,34). The van der Waals surface area contributed by atoms with Crippen molar-refractivity contribution in [2.75, 3.05) is 31.1 Å². The van der Waals surface area contributed by atoms with Gasteiger partial charge in [0.25, 0.3) is 5.91 Å². The monoisotopic (exact) mass is 484 g/mol. The number of aromatic nitrogens is 2. The number of carbonyl (C=O) groups excluding carboxylic acids is 1. The van der Waals surface area contributed by atoms with E-state index in [-0.39, 0.29) is 24.6 Å². The second kappa shape index (κ2) is 11.2. The number of nitrogens with zero attached hydrogens (tertiary/aromatic N) is 3. The van der Waals surface area contributed by atoms with Gasteiger partial charge in [-0.05, 0) is 61.1 Å². The number of anilines is 1. The molecular formula is C26H27F3N4O2. The third kappa shape index (κ3) is 6.94. The predicted octanol–water partition coefficient (Wildman–Crippen LogP) is 4.76. The Morgan fingerprint density at radius 3 is 2.46 bits per heavy atom. The molecule has 1 saturated heterocycles. The van der Waals surface area contributed by atoms with Gasteiger partial charge in [-0.25, -0.2) is 0 Å². The maximum Gasteiger partial charge on any atom is 0.416 e. The van der Waals surface area contributed by atoms with Crippen molar-refractivity contribution in [1.29, 1.82) is 0 Å². The molecule has 9 heteroatoms. The lowest BCUT2D eigenvalue weighted by atomic mass is 9.90. The van der Waals surface area contributed by atoms with E-state index in [1.807, 2.05) is 6.07 Å². The van der Waals surface area contributed by atoms with Crippen LogP contribution in [0.5, 0.6) is 5.75 Å². The molecule has 0 atom stereocenters. The summed E-state index contributed by atoms with van der Waals surface area (Å²) in [5.41, 5.74) is 0.753. The average Bonchev–Trinajstić information content (AvgIpc) is 2.87. The molecule has 0 radical (unpaired) electrons. The van der Waals surface area contributed by atoms with Gasteiger partial charge in [-0.3, -0.25) is 4.79 Å². The van der Waals surface area contributed by atoms with Crippen LogP contribution in [-0.4, -0.2) is 42.3 Å². The van der Waals surface area contributed by atoms with Crippen LogP contribution < -0.4 is 15.0 Å². The SMILES string of the molecule is O=C(NCCOc1cccc(C(F)(F)F)c1)c1ccc(N2CCC(Cc3ccccc3)CC2)nn1. The van der Waals surface area contributed by atoms with E-state index in [2.05, 4.69) is 44.7 Å². The van der Waals surface area contributed by atoms with Gasteiger partial charge in [-0.2, -0.15) is 13.2 Å². The highest BCUT2D eigenvalue weighted by Gasteiger charge is 2.30. The van der Waals surface area contributed by atoms with Crippen molar-refractivity contribution in [3.05, 3.63) is 83.6 Å². The van der Waals surface area contributed by atoms with E-state index in [4.69, 9.17) is 4.74 Å². The molecule has 184 valence electrons. The van der Waals surface area contributed by atoms with Gasteiger partial charge >= 0.3 is 6.18 Å². The van der Waals surface area contributed by atoms with Gasteiger partial charge in [0.1, 0.15) is 12.4 Å². The third-order valence-electron chi connectivity index (χ3n) is 6.01. The minimum atomic E-state index is -4.43. The summed E-state index contributed by atoms with van der Waals surface area (Å²) in [7, 11) is 0. The summed E-state index contributed by atoms with van der Waals surface area (Å²) in [6, 6.07) is 18.5. The molecule has 6 nitrogen and oxygen atoms in total. The molecule has 1 amide bonds. The lowest BCUT2D eigenvalue weighted by molar-refractivity contribution is -0.137. The molecule has 0 spiro atoms. The molecule has 4 rings (SSSR count). The number of halogens is 3. The Morgan fingerprint density at radius 2 is 1.77 bits per heavy atom. The molecular weight excluding hydrogens is 457 g/mol. The maximum atomic E-state index is 12.8. The fourth-order valence-corrected chi connectivity index (χ4v) is 4.11. The van der Waals surface area contributed by atoms with E-state index in [1.165, 1.54) is 17.7 Å². The molecule has 0 saturated carbocycles. The van der Waals surface area contributed by atoms with Crippen molar-refractivity contribution in [2.24, 2.45) is 5.92 Å². The smallest absolute Gasteiger partial charge is 0.416 e. The summed E-state index contributed by atoms with van der Waals surface area (Å²) < 4.78 is 43.6. The van der Waals surface area contributed by atoms with Crippen molar-refractivity contribution in [3.63, 3.8) is 0 Å². The van der Waals surface area contributed by atoms with Crippen LogP contribution >= 0.6 is 0 Å². The first-order valence-corrected chi connectivity index (χ1v) is 11.6. The molecule has 1 aliphatic rings. The molecule has 3 aromatic rings. The van der Waals surface area contributed by atoms with Gasteiger partial charge in [-0.15, -0.1) is 10.2 Å². The van der Waals surface area contributed by atoms with Crippen LogP contribution in [0.3, 0.4) is 0 Å². The first-order valence-electron chi connectivity index (χ1n) is 11.6. The Labute approximate surface area is 202 Å². The molecule has 1 N–H and O–H groups in total. The van der Waals surface area contributed by atoms with Crippen LogP contribution in [0.2, 0.25) is 0 Å². The highest BCUT2D eigenvalue weighted by Crippen LogP contribution is 2.31. The molecule has 2 aromatic carbocycles. The molecule has 0 unspecified atom stereocenters. The zero-order chi connectivity index (χ0) is 24.7. The molecule has 0 bridgehead atoms. The van der Waals surface area contributed by atoms with Gasteiger partial charge in [0, 0.05) is 13.1 Å². The Balaban J connectivity index is 1.20. The Hall–Kier alpha value is -3.62. The third-order valence-corrected chi connectivity index (χ3v) is 6.01. The number of amides is 1. The fourth-order valence-electron chi connectivity index (χ4n) is 4.11. The number of piperidine rings is 1. The number of ether oxygens (including phenoxy) is 1. The number of carbonyl (C=O) groups is 1. The van der Waals surface area contributed by atoms with Gasteiger partial charge in [0.2, 0.25) is 0 Å². The van der Waals surface area contributed by atoms with E-state index in [0.29, 0.717) is 5.92 Å². The summed E-state index contributed by atoms with van der Waals surface area (Å²) in [5.74, 6) is 1.06. The topological polar surface area (TPSA) is 67.3 Å². The van der Waals surface area contributed by atoms with Crippen LogP contribution in [0.15, 0.2) is 66.7 Å². The average molecular weight is 485 g/mol. The lowest BCUT2D eigenvalue weighted by Gasteiger charge is -2.32. The molecule has 1 fully saturated rings. The van der Waals surface area contributed by atoms with E-state index >= 15 is 0 Å². The van der Waals surface area contributed by atoms with Gasteiger partial charge in [0.05, 0.1) is 12.1 Å². The Morgan fingerprint density at radius 1 is 1.00 bits per heavy atom. The fraction of sp³-hybridized carbons (Fsp3) is 0.346. The molecule has 2 heterocycles. The first-order chi connectivity index (χ1) is 16.9. The summed E-state index contributed by atoms with van der Waals surface area (Å²) in [6.45, 7) is 1.93. The Bertz CT molecular complexity index is 1100. The summed E-state index contributed by atoms with van der Waals surface area (Å²) >= 11 is 0. The van der Waals surface area contributed by atoms with Gasteiger partial charge in [0.15, 0.2) is 11.5 Å². The van der Waals surface area contributed by atoms with Crippen LogP contribution in [0, 0.1) is 5.92 Å². The molecule has 1 aliphatic heterocycles. The van der Waals surface area contributed by atoms with Crippen LogP contribution in [0.25, 0.3) is 0 Å². The van der Waals surface area contributed by atoms with Gasteiger partial charge in [-0.1, -0.05) is 36.4 Å². The number of rotatable bonds is 8. The summed E-state index contributed by atoms with van der Waals surface area (Å²) in [5, 5.41) is 10.9. The predicted molar refractivity (Wildman–Crippen MR) is 126 cm³/mol. The highest BCUT2D eigenvalue weighted by atomic mass is 19.4. The van der Waals surface area contributed by atoms with Crippen molar-refractivity contribution in [1.82, 2.24) is 15.5 Å². The van der Waals surface area contributed by atoms with E-state index in [9.17, 15) is 18.0 Å². The molecule has 35 heavy (non-hydrogen) atoms. The summed E-state index contributed by atoms with van der Waals surface area (Å²) in [4.78, 5) is 14.5. The van der Waals surface area contributed by atoms with E-state index < -0.39 is 17.6 Å². The van der Waals surface area contributed by atoms with E-state index in [0.717, 1.165) is 50.3 Å². The van der Waals surface area contributed by atoms with Crippen LogP contribution in [0.4, 0.5) is 19.0 Å². The zero-order valence-electron chi connectivity index (χ0n) is 19.2. The maximum absolute atomic E-state index is 12.8. The highest BCUT2D eigenvalue weighted by molar-refractivity contribution is 5.92. The van der Waals surface area contributed by atoms with Crippen molar-refractivity contribution < 1.29 is 22.7 Å². The molecule has 1 aromatic heterocycles. The van der Waals surface area contributed by atoms with E-state index in [1.54, 1.807) is 12.1 Å². The summed E-state index contributed by atoms with van der Waals surface area (Å²) in [6.07, 6.45) is -1.21. The van der Waals surface area contributed by atoms with Crippen molar-refractivity contribution in [3.8, 4) is 5.75 Å². The number of hydrogen-bond donors (Lipinski definition) is 1. The quantitative estimate of drug-likeness (QED) is 0.467. The largest absolute Gasteiger partial charge is 0.492 e.